The molecule has 1 fully saturated rings. The summed E-state index contributed by atoms with van der Waals surface area (Å²) in [5.74, 6) is -2.15. The van der Waals surface area contributed by atoms with E-state index in [1.165, 1.54) is 34.6 Å². The summed E-state index contributed by atoms with van der Waals surface area (Å²) in [7, 11) is -3.55. The van der Waals surface area contributed by atoms with E-state index >= 15 is 0 Å². The number of nitrogens with one attached hydrogen (secondary N) is 2. The Morgan fingerprint density at radius 3 is 2.23 bits per heavy atom. The fourth-order valence-electron chi connectivity index (χ4n) is 3.08. The topological polar surface area (TPSA) is 95.6 Å². The predicted molar refractivity (Wildman–Crippen MR) is 106 cm³/mol. The molecule has 11 heteroatoms. The van der Waals surface area contributed by atoms with Gasteiger partial charge in [0.15, 0.2) is 0 Å². The molecule has 2 amide bonds. The number of halogens is 3. The van der Waals surface area contributed by atoms with E-state index in [1.807, 2.05) is 0 Å². The van der Waals surface area contributed by atoms with Crippen LogP contribution in [0.3, 0.4) is 0 Å². The summed E-state index contributed by atoms with van der Waals surface area (Å²) in [6.45, 7) is 0.918. The molecule has 2 aromatic rings. The number of hydrogen-bond acceptors (Lipinski definition) is 4. The Bertz CT molecular complexity index is 1060. The molecule has 1 heterocycles. The highest BCUT2D eigenvalue weighted by Crippen LogP contribution is 2.30. The number of alkyl halides is 3. The highest BCUT2D eigenvalue weighted by atomic mass is 32.2. The van der Waals surface area contributed by atoms with Crippen molar-refractivity contribution in [1.29, 1.82) is 0 Å². The second-order valence-corrected chi connectivity index (χ2v) is 8.91. The zero-order valence-corrected chi connectivity index (χ0v) is 17.1. The lowest BCUT2D eigenvalue weighted by molar-refractivity contribution is -0.137. The van der Waals surface area contributed by atoms with E-state index in [1.54, 1.807) is 0 Å². The van der Waals surface area contributed by atoms with Gasteiger partial charge >= 0.3 is 18.0 Å². The molecule has 0 spiro atoms. The molecule has 3 rings (SSSR count). The Hall–Kier alpha value is -2.92. The van der Waals surface area contributed by atoms with Gasteiger partial charge in [0, 0.05) is 25.3 Å². The second kappa shape index (κ2) is 9.06. The van der Waals surface area contributed by atoms with E-state index < -0.39 is 33.6 Å². The third-order valence-corrected chi connectivity index (χ3v) is 6.65. The number of rotatable bonds is 5. The minimum atomic E-state index is -4.57. The van der Waals surface area contributed by atoms with Gasteiger partial charge in [0.1, 0.15) is 0 Å². The van der Waals surface area contributed by atoms with Crippen molar-refractivity contribution in [3.8, 4) is 0 Å². The van der Waals surface area contributed by atoms with Gasteiger partial charge in [0.05, 0.1) is 10.5 Å². The molecule has 0 saturated carbocycles. The SMILES string of the molecule is O=C(NCc1ccc(S(=O)(=O)N2CCCC2)cc1)C(=O)Nc1cccc(C(F)(F)F)c1. The van der Waals surface area contributed by atoms with Gasteiger partial charge < -0.3 is 10.6 Å². The van der Waals surface area contributed by atoms with E-state index in [0.29, 0.717) is 18.7 Å². The van der Waals surface area contributed by atoms with Gasteiger partial charge in [-0.05, 0) is 48.7 Å². The molecule has 1 aliphatic rings. The van der Waals surface area contributed by atoms with Crippen molar-refractivity contribution < 1.29 is 31.2 Å². The molecular weight excluding hydrogens is 435 g/mol. The van der Waals surface area contributed by atoms with E-state index in [-0.39, 0.29) is 17.1 Å². The smallest absolute Gasteiger partial charge is 0.344 e. The molecule has 166 valence electrons. The summed E-state index contributed by atoms with van der Waals surface area (Å²) in [5, 5.41) is 4.46. The minimum absolute atomic E-state index is 0.0567. The number of anilines is 1. The van der Waals surface area contributed by atoms with Crippen LogP contribution in [0.25, 0.3) is 0 Å². The number of carbonyl (C=O) groups is 2. The van der Waals surface area contributed by atoms with Crippen LogP contribution >= 0.6 is 0 Å². The zero-order chi connectivity index (χ0) is 22.6. The van der Waals surface area contributed by atoms with Crippen LogP contribution in [0, 0.1) is 0 Å². The summed E-state index contributed by atoms with van der Waals surface area (Å²) in [4.78, 5) is 24.0. The van der Waals surface area contributed by atoms with Gasteiger partial charge in [-0.25, -0.2) is 8.42 Å². The molecule has 2 N–H and O–H groups in total. The first-order chi connectivity index (χ1) is 14.6. The highest BCUT2D eigenvalue weighted by molar-refractivity contribution is 7.89. The molecule has 31 heavy (non-hydrogen) atoms. The molecule has 0 aliphatic carbocycles. The van der Waals surface area contributed by atoms with E-state index in [0.717, 1.165) is 31.0 Å². The summed E-state index contributed by atoms with van der Waals surface area (Å²) >= 11 is 0. The summed E-state index contributed by atoms with van der Waals surface area (Å²) in [6, 6.07) is 9.83. The Balaban J connectivity index is 1.56. The molecule has 2 aromatic carbocycles. The Morgan fingerprint density at radius 2 is 1.61 bits per heavy atom. The molecule has 1 aliphatic heterocycles. The average molecular weight is 455 g/mol. The Kier molecular flexibility index (Phi) is 6.65. The molecule has 0 unspecified atom stereocenters. The van der Waals surface area contributed by atoms with Gasteiger partial charge in [-0.3, -0.25) is 9.59 Å². The lowest BCUT2D eigenvalue weighted by Crippen LogP contribution is -2.35. The van der Waals surface area contributed by atoms with Crippen LogP contribution in [0.5, 0.6) is 0 Å². The fourth-order valence-corrected chi connectivity index (χ4v) is 4.60. The quantitative estimate of drug-likeness (QED) is 0.678. The van der Waals surface area contributed by atoms with Gasteiger partial charge in [-0.2, -0.15) is 17.5 Å². The minimum Gasteiger partial charge on any atom is -0.344 e. The maximum atomic E-state index is 12.7. The van der Waals surface area contributed by atoms with Crippen LogP contribution in [0.1, 0.15) is 24.0 Å². The Labute approximate surface area is 177 Å². The van der Waals surface area contributed by atoms with Gasteiger partial charge in [0.2, 0.25) is 10.0 Å². The summed E-state index contributed by atoms with van der Waals surface area (Å²) in [5.41, 5.74) is -0.554. The van der Waals surface area contributed by atoms with Crippen molar-refractivity contribution in [3.63, 3.8) is 0 Å². The molecule has 7 nitrogen and oxygen atoms in total. The van der Waals surface area contributed by atoms with Crippen LogP contribution in [0.15, 0.2) is 53.4 Å². The summed E-state index contributed by atoms with van der Waals surface area (Å²) < 4.78 is 64.6. The van der Waals surface area contributed by atoms with Gasteiger partial charge in [-0.1, -0.05) is 18.2 Å². The number of amides is 2. The molecule has 0 aromatic heterocycles. The number of sulfonamides is 1. The van der Waals surface area contributed by atoms with Crippen LogP contribution in [-0.4, -0.2) is 37.6 Å². The van der Waals surface area contributed by atoms with E-state index in [9.17, 15) is 31.2 Å². The predicted octanol–water partition coefficient (Wildman–Crippen LogP) is 2.74. The zero-order valence-electron chi connectivity index (χ0n) is 16.3. The van der Waals surface area contributed by atoms with Crippen molar-refractivity contribution in [2.75, 3.05) is 18.4 Å². The largest absolute Gasteiger partial charge is 0.416 e. The molecule has 1 saturated heterocycles. The summed E-state index contributed by atoms with van der Waals surface area (Å²) in [6.07, 6.45) is -2.92. The third kappa shape index (κ3) is 5.61. The van der Waals surface area contributed by atoms with E-state index in [4.69, 9.17) is 0 Å². The number of hydrogen-bond donors (Lipinski definition) is 2. The number of benzene rings is 2. The van der Waals surface area contributed by atoms with Crippen LogP contribution in [0.4, 0.5) is 18.9 Å². The van der Waals surface area contributed by atoms with Gasteiger partial charge in [0.25, 0.3) is 0 Å². The first kappa shape index (κ1) is 22.8. The van der Waals surface area contributed by atoms with Crippen molar-refractivity contribution in [2.45, 2.75) is 30.5 Å². The Morgan fingerprint density at radius 1 is 0.968 bits per heavy atom. The van der Waals surface area contributed by atoms with Crippen molar-refractivity contribution in [1.82, 2.24) is 9.62 Å². The first-order valence-electron chi connectivity index (χ1n) is 9.43. The lowest BCUT2D eigenvalue weighted by Gasteiger charge is -2.15. The highest BCUT2D eigenvalue weighted by Gasteiger charge is 2.30. The van der Waals surface area contributed by atoms with E-state index in [2.05, 4.69) is 10.6 Å². The maximum Gasteiger partial charge on any atom is 0.416 e. The number of carbonyl (C=O) groups excluding carboxylic acids is 2. The van der Waals surface area contributed by atoms with Crippen LogP contribution < -0.4 is 10.6 Å². The molecule has 0 atom stereocenters. The fraction of sp³-hybridized carbons (Fsp3) is 0.300. The molecule has 0 radical (unpaired) electrons. The van der Waals surface area contributed by atoms with Gasteiger partial charge in [-0.15, -0.1) is 0 Å². The van der Waals surface area contributed by atoms with Crippen molar-refractivity contribution in [2.24, 2.45) is 0 Å². The van der Waals surface area contributed by atoms with Crippen molar-refractivity contribution in [3.05, 3.63) is 59.7 Å². The monoisotopic (exact) mass is 455 g/mol. The standard InChI is InChI=1S/C20H20F3N3O4S/c21-20(22,23)15-4-3-5-16(12-15)25-19(28)18(27)24-13-14-6-8-17(9-7-14)31(29,30)26-10-1-2-11-26/h3-9,12H,1-2,10-11,13H2,(H,24,27)(H,25,28). The van der Waals surface area contributed by atoms with Crippen molar-refractivity contribution >= 4 is 27.5 Å². The number of nitrogens with zero attached hydrogens (tertiary/aromatic N) is 1. The first-order valence-corrected chi connectivity index (χ1v) is 10.9. The average Bonchev–Trinajstić information content (AvgIpc) is 3.28. The second-order valence-electron chi connectivity index (χ2n) is 6.97. The normalized spacial score (nSPS) is 14.9. The molecular formula is C20H20F3N3O4S. The lowest BCUT2D eigenvalue weighted by atomic mass is 10.2. The van der Waals surface area contributed by atoms with Crippen LogP contribution in [0.2, 0.25) is 0 Å². The maximum absolute atomic E-state index is 12.7. The van der Waals surface area contributed by atoms with Crippen LogP contribution in [-0.2, 0) is 32.3 Å². The third-order valence-electron chi connectivity index (χ3n) is 4.73. The molecule has 0 bridgehead atoms.